The Morgan fingerprint density at radius 2 is 0.685 bits per heavy atom. The zero-order chi connectivity index (χ0) is 39.7. The van der Waals surface area contributed by atoms with E-state index in [1.54, 1.807) is 0 Å². The summed E-state index contributed by atoms with van der Waals surface area (Å²) in [5, 5.41) is 0. The molecule has 0 spiro atoms. The molecule has 0 aliphatic heterocycles. The van der Waals surface area contributed by atoms with Gasteiger partial charge in [0.2, 0.25) is 0 Å². The summed E-state index contributed by atoms with van der Waals surface area (Å²) < 4.78 is 22.0. The Bertz CT molecular complexity index is 859. The number of hydrogen-bond acceptors (Lipinski definition) is 8. The van der Waals surface area contributed by atoms with Crippen molar-refractivity contribution in [1.29, 1.82) is 0 Å². The monoisotopic (exact) mass is 767 g/mol. The maximum Gasteiger partial charge on any atom is 0.306 e. The summed E-state index contributed by atoms with van der Waals surface area (Å²) in [5.41, 5.74) is 0. The van der Waals surface area contributed by atoms with E-state index in [4.69, 9.17) is 18.9 Å². The Hall–Kier alpha value is -2.12. The van der Waals surface area contributed by atoms with Crippen LogP contribution in [0.4, 0.5) is 0 Å². The van der Waals surface area contributed by atoms with Gasteiger partial charge in [0.05, 0.1) is 19.8 Å². The highest BCUT2D eigenvalue weighted by Gasteiger charge is 2.15. The fourth-order valence-electron chi connectivity index (χ4n) is 6.58. The minimum Gasteiger partial charge on any atom is -0.466 e. The molecule has 0 aliphatic rings. The van der Waals surface area contributed by atoms with Crippen molar-refractivity contribution in [2.75, 3.05) is 19.8 Å². The average Bonchev–Trinajstić information content (AvgIpc) is 3.16. The largest absolute Gasteiger partial charge is 0.466 e. The molecule has 0 amide bonds. The van der Waals surface area contributed by atoms with Gasteiger partial charge in [0.1, 0.15) is 6.10 Å². The van der Waals surface area contributed by atoms with Gasteiger partial charge in [-0.25, -0.2) is 0 Å². The zero-order valence-corrected chi connectivity index (χ0v) is 35.9. The first-order valence-corrected chi connectivity index (χ1v) is 23.0. The van der Waals surface area contributed by atoms with Gasteiger partial charge in [0.15, 0.2) is 0 Å². The molecule has 8 nitrogen and oxygen atoms in total. The number of ether oxygens (including phenoxy) is 4. The van der Waals surface area contributed by atoms with E-state index in [2.05, 4.69) is 20.8 Å². The van der Waals surface area contributed by atoms with Crippen molar-refractivity contribution in [2.24, 2.45) is 5.92 Å². The molecule has 0 aromatic heterocycles. The molecule has 0 aromatic rings. The third kappa shape index (κ3) is 38.2. The van der Waals surface area contributed by atoms with Gasteiger partial charge in [-0.1, -0.05) is 156 Å². The molecular formula is C46H86O8. The lowest BCUT2D eigenvalue weighted by Crippen LogP contribution is -2.18. The average molecular weight is 767 g/mol. The van der Waals surface area contributed by atoms with Gasteiger partial charge in [-0.05, 0) is 57.8 Å². The van der Waals surface area contributed by atoms with Crippen LogP contribution in [0.25, 0.3) is 0 Å². The molecule has 1 unspecified atom stereocenters. The third-order valence-electron chi connectivity index (χ3n) is 10.1. The highest BCUT2D eigenvalue weighted by atomic mass is 16.6. The van der Waals surface area contributed by atoms with Crippen LogP contribution in [0, 0.1) is 5.92 Å². The summed E-state index contributed by atoms with van der Waals surface area (Å²) in [6.07, 6.45) is 33.7. The van der Waals surface area contributed by atoms with Crippen LogP contribution in [-0.2, 0) is 38.1 Å². The Balaban J connectivity index is 3.88. The second kappa shape index (κ2) is 40.5. The zero-order valence-electron chi connectivity index (χ0n) is 35.9. The number of rotatable bonds is 41. The summed E-state index contributed by atoms with van der Waals surface area (Å²) in [6, 6.07) is 0. The van der Waals surface area contributed by atoms with Gasteiger partial charge in [-0.3, -0.25) is 19.2 Å². The molecule has 0 bridgehead atoms. The predicted octanol–water partition coefficient (Wildman–Crippen LogP) is 13.1. The summed E-state index contributed by atoms with van der Waals surface area (Å²) in [7, 11) is 0. The Morgan fingerprint density at radius 3 is 1.11 bits per heavy atom. The molecule has 0 aliphatic carbocycles. The van der Waals surface area contributed by atoms with E-state index in [1.807, 2.05) is 6.92 Å². The highest BCUT2D eigenvalue weighted by Crippen LogP contribution is 2.18. The fourth-order valence-corrected chi connectivity index (χ4v) is 6.58. The molecule has 0 rings (SSSR count). The maximum absolute atomic E-state index is 12.6. The molecule has 318 valence electrons. The quantitative estimate of drug-likeness (QED) is 0.0344. The number of hydrogen-bond donors (Lipinski definition) is 0. The van der Waals surface area contributed by atoms with Crippen molar-refractivity contribution in [3.05, 3.63) is 0 Å². The van der Waals surface area contributed by atoms with Crippen LogP contribution < -0.4 is 0 Å². The van der Waals surface area contributed by atoms with Crippen LogP contribution in [0.3, 0.4) is 0 Å². The molecular weight excluding hydrogens is 680 g/mol. The maximum atomic E-state index is 12.6. The van der Waals surface area contributed by atoms with Gasteiger partial charge >= 0.3 is 23.9 Å². The molecule has 8 heteroatoms. The van der Waals surface area contributed by atoms with E-state index in [0.29, 0.717) is 45.1 Å². The van der Waals surface area contributed by atoms with Crippen molar-refractivity contribution in [2.45, 2.75) is 246 Å². The van der Waals surface area contributed by atoms with E-state index in [0.717, 1.165) is 70.6 Å². The Morgan fingerprint density at radius 1 is 0.370 bits per heavy atom. The molecule has 54 heavy (non-hydrogen) atoms. The second-order valence-electron chi connectivity index (χ2n) is 15.9. The van der Waals surface area contributed by atoms with Gasteiger partial charge in [-0.15, -0.1) is 0 Å². The molecule has 0 radical (unpaired) electrons. The van der Waals surface area contributed by atoms with Gasteiger partial charge < -0.3 is 18.9 Å². The van der Waals surface area contributed by atoms with Crippen LogP contribution in [0.5, 0.6) is 0 Å². The first-order valence-electron chi connectivity index (χ1n) is 23.0. The molecule has 0 saturated carbocycles. The topological polar surface area (TPSA) is 105 Å². The molecule has 0 aromatic carbocycles. The van der Waals surface area contributed by atoms with E-state index in [-0.39, 0.29) is 49.1 Å². The Labute approximate surface area is 332 Å². The number of esters is 4. The molecule has 0 N–H and O–H groups in total. The van der Waals surface area contributed by atoms with Gasteiger partial charge in [-0.2, -0.15) is 0 Å². The lowest BCUT2D eigenvalue weighted by molar-refractivity contribution is -0.151. The SMILES string of the molecule is CCCCCCCCCCOC(=O)CCCCCC(=O)OCC(C)COC(=O)CCCCCCC(=O)OC(CCCCCCCC)CCCCCCCC. The summed E-state index contributed by atoms with van der Waals surface area (Å²) in [6.45, 7) is 9.54. The first kappa shape index (κ1) is 51.9. The van der Waals surface area contributed by atoms with Crippen LogP contribution >= 0.6 is 0 Å². The highest BCUT2D eigenvalue weighted by molar-refractivity contribution is 5.70. The predicted molar refractivity (Wildman–Crippen MR) is 221 cm³/mol. The number of carbonyl (C=O) groups is 4. The second-order valence-corrected chi connectivity index (χ2v) is 15.9. The molecule has 0 heterocycles. The van der Waals surface area contributed by atoms with Crippen molar-refractivity contribution in [3.63, 3.8) is 0 Å². The van der Waals surface area contributed by atoms with Crippen molar-refractivity contribution >= 4 is 23.9 Å². The van der Waals surface area contributed by atoms with E-state index < -0.39 is 0 Å². The van der Waals surface area contributed by atoms with Crippen molar-refractivity contribution in [1.82, 2.24) is 0 Å². The van der Waals surface area contributed by atoms with Crippen LogP contribution in [0.15, 0.2) is 0 Å². The van der Waals surface area contributed by atoms with Crippen LogP contribution in [0.1, 0.15) is 240 Å². The lowest BCUT2D eigenvalue weighted by atomic mass is 10.0. The molecule has 1 atom stereocenters. The fraction of sp³-hybridized carbons (Fsp3) is 0.913. The van der Waals surface area contributed by atoms with Gasteiger partial charge in [0, 0.05) is 31.6 Å². The minimum absolute atomic E-state index is 0.0540. The summed E-state index contributed by atoms with van der Waals surface area (Å²) in [5.74, 6) is -0.809. The normalized spacial score (nSPS) is 11.8. The first-order chi connectivity index (χ1) is 26.3. The number of unbranched alkanes of at least 4 members (excludes halogenated alkanes) is 22. The van der Waals surface area contributed by atoms with Crippen LogP contribution in [-0.4, -0.2) is 49.8 Å². The smallest absolute Gasteiger partial charge is 0.306 e. The van der Waals surface area contributed by atoms with Crippen LogP contribution in [0.2, 0.25) is 0 Å². The standard InChI is InChI=1S/C46H86O8/c1-5-8-11-14-17-18-23-31-38-51-43(47)34-29-24-30-36-45(49)53-40-41(4)39-52-44(48)35-27-21-22-28-37-46(50)54-42(32-25-19-15-12-9-6-2)33-26-20-16-13-10-7-3/h41-42H,5-40H2,1-4H3. The summed E-state index contributed by atoms with van der Waals surface area (Å²) >= 11 is 0. The third-order valence-corrected chi connectivity index (χ3v) is 10.1. The lowest BCUT2D eigenvalue weighted by Gasteiger charge is -2.18. The molecule has 0 fully saturated rings. The minimum atomic E-state index is -0.263. The Kier molecular flexibility index (Phi) is 38.9. The van der Waals surface area contributed by atoms with Gasteiger partial charge in [0.25, 0.3) is 0 Å². The van der Waals surface area contributed by atoms with E-state index in [9.17, 15) is 19.2 Å². The molecule has 0 saturated heterocycles. The van der Waals surface area contributed by atoms with Crippen molar-refractivity contribution < 1.29 is 38.1 Å². The van der Waals surface area contributed by atoms with Crippen molar-refractivity contribution in [3.8, 4) is 0 Å². The van der Waals surface area contributed by atoms with E-state index >= 15 is 0 Å². The number of carbonyl (C=O) groups excluding carboxylic acids is 4. The summed E-state index contributed by atoms with van der Waals surface area (Å²) in [4.78, 5) is 48.9. The van der Waals surface area contributed by atoms with E-state index in [1.165, 1.54) is 103 Å².